The number of nitrogens with zero attached hydrogens (tertiary/aromatic N) is 1. The van der Waals surface area contributed by atoms with Crippen LogP contribution < -0.4 is 5.32 Å². The third kappa shape index (κ3) is 2.67. The van der Waals surface area contributed by atoms with E-state index < -0.39 is 0 Å². The first-order chi connectivity index (χ1) is 7.31. The van der Waals surface area contributed by atoms with Crippen LogP contribution in [0.2, 0.25) is 0 Å². The van der Waals surface area contributed by atoms with Gasteiger partial charge in [-0.05, 0) is 36.7 Å². The number of hydrogen-bond acceptors (Lipinski definition) is 3. The molecule has 0 bridgehead atoms. The van der Waals surface area contributed by atoms with Crippen molar-refractivity contribution in [2.45, 2.75) is 32.4 Å². The van der Waals surface area contributed by atoms with Crippen LogP contribution in [0.5, 0.6) is 0 Å². The fourth-order valence-electron chi connectivity index (χ4n) is 2.39. The van der Waals surface area contributed by atoms with E-state index in [0.29, 0.717) is 18.6 Å². The van der Waals surface area contributed by atoms with Crippen molar-refractivity contribution in [1.29, 1.82) is 0 Å². The monoisotopic (exact) mass is 228 g/mol. The molecule has 4 heteroatoms. The van der Waals surface area contributed by atoms with Crippen molar-refractivity contribution in [3.05, 3.63) is 0 Å². The second-order valence-corrected chi connectivity index (χ2v) is 5.63. The minimum atomic E-state index is 0.292. The predicted octanol–water partition coefficient (Wildman–Crippen LogP) is 1.30. The molecule has 0 saturated carbocycles. The molecule has 2 saturated heterocycles. The molecule has 2 aliphatic heterocycles. The molecule has 0 aliphatic carbocycles. The maximum atomic E-state index is 11.7. The van der Waals surface area contributed by atoms with Crippen LogP contribution >= 0.6 is 11.8 Å². The molecule has 0 aromatic heterocycles. The molecule has 2 rings (SSSR count). The Morgan fingerprint density at radius 3 is 2.87 bits per heavy atom. The minimum absolute atomic E-state index is 0.292. The Morgan fingerprint density at radius 1 is 1.47 bits per heavy atom. The molecule has 1 N–H and O–H groups in total. The Bertz CT molecular complexity index is 229. The zero-order valence-corrected chi connectivity index (χ0v) is 10.2. The van der Waals surface area contributed by atoms with Crippen molar-refractivity contribution in [2.75, 3.05) is 24.6 Å². The quantitative estimate of drug-likeness (QED) is 0.790. The van der Waals surface area contributed by atoms with Crippen LogP contribution in [0.1, 0.15) is 26.2 Å². The minimum Gasteiger partial charge on any atom is -0.326 e. The predicted molar refractivity (Wildman–Crippen MR) is 63.8 cm³/mol. The van der Waals surface area contributed by atoms with Crippen LogP contribution in [0.15, 0.2) is 0 Å². The molecule has 3 nitrogen and oxygen atoms in total. The number of nitrogens with one attached hydrogen (secondary N) is 1. The molecular weight excluding hydrogens is 208 g/mol. The summed E-state index contributed by atoms with van der Waals surface area (Å²) in [4.78, 5) is 13.7. The molecule has 2 heterocycles. The van der Waals surface area contributed by atoms with Crippen molar-refractivity contribution < 1.29 is 4.79 Å². The zero-order chi connectivity index (χ0) is 10.7. The molecule has 2 aliphatic rings. The molecule has 1 atom stereocenters. The number of rotatable bonds is 3. The lowest BCUT2D eigenvalue weighted by Gasteiger charge is -2.30. The van der Waals surface area contributed by atoms with Gasteiger partial charge < -0.3 is 4.90 Å². The fourth-order valence-corrected chi connectivity index (χ4v) is 3.60. The van der Waals surface area contributed by atoms with Gasteiger partial charge in [-0.3, -0.25) is 10.1 Å². The standard InChI is InChI=1S/C11H20N2OS/c1-2-10-12-7-11(14)13(10)8-9-3-5-15-6-4-9/h9-10,12H,2-8H2,1H3. The summed E-state index contributed by atoms with van der Waals surface area (Å²) < 4.78 is 0. The number of hydrogen-bond donors (Lipinski definition) is 1. The van der Waals surface area contributed by atoms with Gasteiger partial charge in [-0.1, -0.05) is 6.92 Å². The maximum Gasteiger partial charge on any atom is 0.237 e. The van der Waals surface area contributed by atoms with E-state index in [0.717, 1.165) is 18.9 Å². The Hall–Kier alpha value is -0.220. The third-order valence-electron chi connectivity index (χ3n) is 3.37. The Balaban J connectivity index is 1.88. The van der Waals surface area contributed by atoms with Gasteiger partial charge in [-0.15, -0.1) is 0 Å². The fraction of sp³-hybridized carbons (Fsp3) is 0.909. The Labute approximate surface area is 96.0 Å². The molecule has 15 heavy (non-hydrogen) atoms. The van der Waals surface area contributed by atoms with E-state index in [9.17, 15) is 4.79 Å². The van der Waals surface area contributed by atoms with E-state index in [4.69, 9.17) is 0 Å². The molecular formula is C11H20N2OS. The van der Waals surface area contributed by atoms with E-state index in [2.05, 4.69) is 17.1 Å². The summed E-state index contributed by atoms with van der Waals surface area (Å²) in [5, 5.41) is 3.27. The van der Waals surface area contributed by atoms with Gasteiger partial charge in [0.15, 0.2) is 0 Å². The van der Waals surface area contributed by atoms with Crippen molar-refractivity contribution in [2.24, 2.45) is 5.92 Å². The van der Waals surface area contributed by atoms with Crippen molar-refractivity contribution in [3.63, 3.8) is 0 Å². The van der Waals surface area contributed by atoms with Gasteiger partial charge in [0.05, 0.1) is 12.7 Å². The van der Waals surface area contributed by atoms with Gasteiger partial charge in [0.1, 0.15) is 0 Å². The van der Waals surface area contributed by atoms with E-state index in [1.54, 1.807) is 0 Å². The molecule has 0 aromatic carbocycles. The second kappa shape index (κ2) is 5.21. The highest BCUT2D eigenvalue weighted by Gasteiger charge is 2.31. The van der Waals surface area contributed by atoms with Gasteiger partial charge >= 0.3 is 0 Å². The smallest absolute Gasteiger partial charge is 0.237 e. The SMILES string of the molecule is CCC1NCC(=O)N1CC1CCSCC1. The average molecular weight is 228 g/mol. The van der Waals surface area contributed by atoms with E-state index >= 15 is 0 Å². The first-order valence-corrected chi connectivity index (χ1v) is 7.07. The van der Waals surface area contributed by atoms with Gasteiger partial charge in [0.2, 0.25) is 5.91 Å². The highest BCUT2D eigenvalue weighted by molar-refractivity contribution is 7.99. The molecule has 0 radical (unpaired) electrons. The zero-order valence-electron chi connectivity index (χ0n) is 9.37. The van der Waals surface area contributed by atoms with Gasteiger partial charge in [0, 0.05) is 6.54 Å². The van der Waals surface area contributed by atoms with Crippen LogP contribution in [0.4, 0.5) is 0 Å². The molecule has 0 spiro atoms. The first kappa shape index (κ1) is 11.3. The average Bonchev–Trinajstić information content (AvgIpc) is 2.62. The van der Waals surface area contributed by atoms with Gasteiger partial charge in [-0.25, -0.2) is 0 Å². The number of carbonyl (C=O) groups is 1. The lowest BCUT2D eigenvalue weighted by atomic mass is 10.0. The molecule has 1 amide bonds. The Morgan fingerprint density at radius 2 is 2.20 bits per heavy atom. The van der Waals surface area contributed by atoms with Gasteiger partial charge in [-0.2, -0.15) is 11.8 Å². The summed E-state index contributed by atoms with van der Waals surface area (Å²) in [6.07, 6.45) is 3.88. The Kier molecular flexibility index (Phi) is 3.92. The highest BCUT2D eigenvalue weighted by atomic mass is 32.2. The summed E-state index contributed by atoms with van der Waals surface area (Å²) in [6, 6.07) is 0. The second-order valence-electron chi connectivity index (χ2n) is 4.41. The summed E-state index contributed by atoms with van der Waals surface area (Å²) in [7, 11) is 0. The first-order valence-electron chi connectivity index (χ1n) is 5.92. The summed E-state index contributed by atoms with van der Waals surface area (Å²) >= 11 is 2.04. The normalized spacial score (nSPS) is 28.7. The molecule has 2 fully saturated rings. The molecule has 0 aromatic rings. The van der Waals surface area contributed by atoms with E-state index in [-0.39, 0.29) is 0 Å². The number of amides is 1. The van der Waals surface area contributed by atoms with Crippen molar-refractivity contribution in [1.82, 2.24) is 10.2 Å². The van der Waals surface area contributed by atoms with Gasteiger partial charge in [0.25, 0.3) is 0 Å². The summed E-state index contributed by atoms with van der Waals surface area (Å²) in [6.45, 7) is 3.66. The summed E-state index contributed by atoms with van der Waals surface area (Å²) in [5.41, 5.74) is 0. The van der Waals surface area contributed by atoms with Crippen LogP contribution in [-0.4, -0.2) is 41.6 Å². The number of thioether (sulfide) groups is 1. The van der Waals surface area contributed by atoms with Crippen LogP contribution in [0.25, 0.3) is 0 Å². The van der Waals surface area contributed by atoms with Crippen molar-refractivity contribution in [3.8, 4) is 0 Å². The topological polar surface area (TPSA) is 32.3 Å². The third-order valence-corrected chi connectivity index (χ3v) is 4.42. The van der Waals surface area contributed by atoms with E-state index in [1.807, 2.05) is 11.8 Å². The van der Waals surface area contributed by atoms with Crippen LogP contribution in [0.3, 0.4) is 0 Å². The maximum absolute atomic E-state index is 11.7. The largest absolute Gasteiger partial charge is 0.326 e. The van der Waals surface area contributed by atoms with Crippen LogP contribution in [-0.2, 0) is 4.79 Å². The van der Waals surface area contributed by atoms with Crippen molar-refractivity contribution >= 4 is 17.7 Å². The molecule has 86 valence electrons. The highest BCUT2D eigenvalue weighted by Crippen LogP contribution is 2.24. The lowest BCUT2D eigenvalue weighted by Crippen LogP contribution is -2.40. The number of carbonyl (C=O) groups excluding carboxylic acids is 1. The lowest BCUT2D eigenvalue weighted by molar-refractivity contribution is -0.128. The van der Waals surface area contributed by atoms with Crippen LogP contribution in [0, 0.1) is 5.92 Å². The van der Waals surface area contributed by atoms with E-state index in [1.165, 1.54) is 24.3 Å². The summed E-state index contributed by atoms with van der Waals surface area (Å²) in [5.74, 6) is 3.58. The molecule has 1 unspecified atom stereocenters.